The van der Waals surface area contributed by atoms with Crippen LogP contribution in [0.1, 0.15) is 0 Å². The molecule has 0 saturated carbocycles. The van der Waals surface area contributed by atoms with Crippen molar-refractivity contribution in [3.8, 4) is 0 Å². The third kappa shape index (κ3) is 3.85. The van der Waals surface area contributed by atoms with Gasteiger partial charge in [0.25, 0.3) is 10.0 Å². The number of halogens is 1. The predicted octanol–water partition coefficient (Wildman–Crippen LogP) is 2.77. The highest BCUT2D eigenvalue weighted by Crippen LogP contribution is 2.29. The summed E-state index contributed by atoms with van der Waals surface area (Å²) in [4.78, 5) is 4.39. The molecule has 7 nitrogen and oxygen atoms in total. The van der Waals surface area contributed by atoms with Gasteiger partial charge in [-0.05, 0) is 49.5 Å². The molecule has 1 aromatic heterocycles. The molecule has 0 bridgehead atoms. The van der Waals surface area contributed by atoms with E-state index in [2.05, 4.69) is 30.4 Å². The van der Waals surface area contributed by atoms with E-state index in [4.69, 9.17) is 0 Å². The third-order valence-electron chi connectivity index (χ3n) is 3.28. The summed E-state index contributed by atoms with van der Waals surface area (Å²) in [5, 5.41) is 0.164. The molecule has 3 rings (SSSR count). The Morgan fingerprint density at radius 1 is 0.960 bits per heavy atom. The second kappa shape index (κ2) is 6.65. The fraction of sp³-hybridized carbons (Fsp3) is 0.0714. The lowest BCUT2D eigenvalue weighted by atomic mass is 10.3. The Labute approximate surface area is 157 Å². The quantitative estimate of drug-likeness (QED) is 0.607. The highest BCUT2D eigenvalue weighted by atomic mass is 79.9. The summed E-state index contributed by atoms with van der Waals surface area (Å²) in [6, 6.07) is 10.6. The first kappa shape index (κ1) is 18.3. The Morgan fingerprint density at radius 3 is 2.24 bits per heavy atom. The van der Waals surface area contributed by atoms with E-state index in [1.807, 2.05) is 0 Å². The first-order valence-electron chi connectivity index (χ1n) is 6.84. The largest absolute Gasteiger partial charge is 0.263 e. The molecule has 25 heavy (non-hydrogen) atoms. The molecule has 0 saturated heterocycles. The molecule has 0 spiro atoms. The Bertz CT molecular complexity index is 1140. The normalized spacial score (nSPS) is 12.4. The maximum atomic E-state index is 12.4. The zero-order chi connectivity index (χ0) is 18.2. The van der Waals surface area contributed by atoms with Crippen molar-refractivity contribution in [2.24, 2.45) is 0 Å². The van der Waals surface area contributed by atoms with Gasteiger partial charge in [0.1, 0.15) is 0 Å². The van der Waals surface area contributed by atoms with Crippen molar-refractivity contribution in [3.05, 3.63) is 46.9 Å². The van der Waals surface area contributed by atoms with Gasteiger partial charge in [-0.3, -0.25) is 4.72 Å². The van der Waals surface area contributed by atoms with E-state index in [1.54, 1.807) is 12.1 Å². The van der Waals surface area contributed by atoms with E-state index < -0.39 is 20.0 Å². The molecule has 2 N–H and O–H groups in total. The number of hydrogen-bond donors (Lipinski definition) is 2. The number of hydrogen-bond acceptors (Lipinski definition) is 6. The fourth-order valence-corrected chi connectivity index (χ4v) is 5.26. The van der Waals surface area contributed by atoms with Gasteiger partial charge in [0.15, 0.2) is 5.13 Å². The molecule has 0 aliphatic rings. The summed E-state index contributed by atoms with van der Waals surface area (Å²) in [5.74, 6) is 0. The van der Waals surface area contributed by atoms with Gasteiger partial charge in [0.2, 0.25) is 10.0 Å². The average molecular weight is 462 g/mol. The number of anilines is 1. The number of thiazole rings is 1. The van der Waals surface area contributed by atoms with Crippen LogP contribution in [0.4, 0.5) is 5.13 Å². The summed E-state index contributed by atoms with van der Waals surface area (Å²) >= 11 is 4.31. The minimum absolute atomic E-state index is 0.0912. The van der Waals surface area contributed by atoms with Crippen molar-refractivity contribution in [1.82, 2.24) is 9.71 Å². The molecule has 0 aliphatic heterocycles. The van der Waals surface area contributed by atoms with Gasteiger partial charge in [0, 0.05) is 4.47 Å². The molecule has 1 heterocycles. The maximum Gasteiger partial charge on any atom is 0.263 e. The summed E-state index contributed by atoms with van der Waals surface area (Å²) in [5.41, 5.74) is 0.508. The van der Waals surface area contributed by atoms with Crippen molar-refractivity contribution in [2.75, 3.05) is 11.8 Å². The summed E-state index contributed by atoms with van der Waals surface area (Å²) in [6.45, 7) is 0. The molecule has 0 amide bonds. The second-order valence-corrected chi connectivity index (χ2v) is 10.4. The Balaban J connectivity index is 1.96. The van der Waals surface area contributed by atoms with Gasteiger partial charge in [-0.2, -0.15) is 0 Å². The van der Waals surface area contributed by atoms with Gasteiger partial charge in [-0.15, -0.1) is 0 Å². The predicted molar refractivity (Wildman–Crippen MR) is 101 cm³/mol. The standard InChI is InChI=1S/C14H12BrN3O4S3/c1-16-24(19,20)11-6-7-12-13(8-11)23-14(17-12)18-25(21,22)10-4-2-9(15)3-5-10/h2-8,16H,1H3,(H,17,18). The Hall–Kier alpha value is -1.53. The van der Waals surface area contributed by atoms with E-state index in [1.165, 1.54) is 37.4 Å². The van der Waals surface area contributed by atoms with Crippen LogP contribution in [0.15, 0.2) is 56.7 Å². The van der Waals surface area contributed by atoms with Crippen LogP contribution in [0, 0.1) is 0 Å². The van der Waals surface area contributed by atoms with Crippen LogP contribution in [0.25, 0.3) is 10.2 Å². The number of nitrogens with one attached hydrogen (secondary N) is 2. The fourth-order valence-electron chi connectivity index (χ4n) is 2.02. The average Bonchev–Trinajstić information content (AvgIpc) is 2.95. The Morgan fingerprint density at radius 2 is 1.60 bits per heavy atom. The minimum Gasteiger partial charge on any atom is -0.255 e. The molecule has 11 heteroatoms. The van der Waals surface area contributed by atoms with Crippen LogP contribution in [0.3, 0.4) is 0 Å². The van der Waals surface area contributed by atoms with E-state index in [9.17, 15) is 16.8 Å². The zero-order valence-electron chi connectivity index (χ0n) is 12.7. The molecular weight excluding hydrogens is 450 g/mol. The van der Waals surface area contributed by atoms with Gasteiger partial charge in [-0.25, -0.2) is 26.5 Å². The van der Waals surface area contributed by atoms with Crippen molar-refractivity contribution in [3.63, 3.8) is 0 Å². The summed E-state index contributed by atoms with van der Waals surface area (Å²) in [7, 11) is -6.03. The molecule has 0 atom stereocenters. The molecule has 0 radical (unpaired) electrons. The lowest BCUT2D eigenvalue weighted by molar-refractivity contribution is 0.588. The zero-order valence-corrected chi connectivity index (χ0v) is 16.8. The van der Waals surface area contributed by atoms with E-state index >= 15 is 0 Å². The van der Waals surface area contributed by atoms with Crippen molar-refractivity contribution in [1.29, 1.82) is 0 Å². The number of benzene rings is 2. The van der Waals surface area contributed by atoms with Crippen molar-refractivity contribution in [2.45, 2.75) is 9.79 Å². The topological polar surface area (TPSA) is 105 Å². The maximum absolute atomic E-state index is 12.4. The molecule has 0 unspecified atom stereocenters. The summed E-state index contributed by atoms with van der Waals surface area (Å²) in [6.07, 6.45) is 0. The molecule has 132 valence electrons. The molecular formula is C14H12BrN3O4S3. The smallest absolute Gasteiger partial charge is 0.255 e. The third-order valence-corrected chi connectivity index (χ3v) is 7.64. The van der Waals surface area contributed by atoms with E-state index in [-0.39, 0.29) is 14.9 Å². The van der Waals surface area contributed by atoms with E-state index in [0.717, 1.165) is 15.8 Å². The first-order chi connectivity index (χ1) is 11.7. The van der Waals surface area contributed by atoms with Gasteiger partial charge >= 0.3 is 0 Å². The number of rotatable bonds is 5. The van der Waals surface area contributed by atoms with Crippen molar-refractivity contribution < 1.29 is 16.8 Å². The van der Waals surface area contributed by atoms with Crippen LogP contribution in [-0.4, -0.2) is 28.9 Å². The van der Waals surface area contributed by atoms with Crippen LogP contribution >= 0.6 is 27.3 Å². The van der Waals surface area contributed by atoms with E-state index in [0.29, 0.717) is 10.2 Å². The number of fused-ring (bicyclic) bond motifs is 1. The van der Waals surface area contributed by atoms with Gasteiger partial charge < -0.3 is 0 Å². The first-order valence-corrected chi connectivity index (χ1v) is 11.4. The molecule has 0 aliphatic carbocycles. The minimum atomic E-state index is -3.77. The lowest BCUT2D eigenvalue weighted by Crippen LogP contribution is -2.18. The van der Waals surface area contributed by atoms with Gasteiger partial charge in [-0.1, -0.05) is 27.3 Å². The number of nitrogens with zero attached hydrogens (tertiary/aromatic N) is 1. The number of sulfonamides is 2. The highest BCUT2D eigenvalue weighted by Gasteiger charge is 2.18. The second-order valence-electron chi connectivity index (χ2n) is 4.92. The summed E-state index contributed by atoms with van der Waals surface area (Å²) < 4.78 is 54.5. The Kier molecular flexibility index (Phi) is 4.86. The van der Waals surface area contributed by atoms with Crippen molar-refractivity contribution >= 4 is 62.7 Å². The molecule has 2 aromatic carbocycles. The van der Waals surface area contributed by atoms with Crippen LogP contribution < -0.4 is 9.44 Å². The molecule has 0 fully saturated rings. The van der Waals surface area contributed by atoms with Crippen LogP contribution in [-0.2, 0) is 20.0 Å². The van der Waals surface area contributed by atoms with Gasteiger partial charge in [0.05, 0.1) is 20.0 Å². The van der Waals surface area contributed by atoms with Crippen LogP contribution in [0.2, 0.25) is 0 Å². The monoisotopic (exact) mass is 461 g/mol. The SMILES string of the molecule is CNS(=O)(=O)c1ccc2nc(NS(=O)(=O)c3ccc(Br)cc3)sc2c1. The highest BCUT2D eigenvalue weighted by molar-refractivity contribution is 9.10. The van der Waals surface area contributed by atoms with Crippen LogP contribution in [0.5, 0.6) is 0 Å². The lowest BCUT2D eigenvalue weighted by Gasteiger charge is -2.04. The molecule has 3 aromatic rings. The number of aromatic nitrogens is 1.